The van der Waals surface area contributed by atoms with Gasteiger partial charge in [-0.2, -0.15) is 0 Å². The summed E-state index contributed by atoms with van der Waals surface area (Å²) in [6, 6.07) is 1.08. The lowest BCUT2D eigenvalue weighted by Crippen LogP contribution is -2.49. The quantitative estimate of drug-likeness (QED) is 0.800. The van der Waals surface area contributed by atoms with Gasteiger partial charge in [0.15, 0.2) is 0 Å². The highest BCUT2D eigenvalue weighted by Gasteiger charge is 2.44. The average Bonchev–Trinajstić information content (AvgIpc) is 2.54. The van der Waals surface area contributed by atoms with Gasteiger partial charge in [-0.05, 0) is 44.1 Å². The molecule has 0 radical (unpaired) electrons. The maximum absolute atomic E-state index is 10.5. The zero-order valence-corrected chi connectivity index (χ0v) is 11.9. The van der Waals surface area contributed by atoms with Gasteiger partial charge in [-0.1, -0.05) is 33.6 Å². The van der Waals surface area contributed by atoms with E-state index in [0.29, 0.717) is 12.1 Å². The minimum Gasteiger partial charge on any atom is -0.391 e. The van der Waals surface area contributed by atoms with Gasteiger partial charge in [-0.15, -0.1) is 0 Å². The van der Waals surface area contributed by atoms with Gasteiger partial charge in [-0.25, -0.2) is 0 Å². The van der Waals surface area contributed by atoms with E-state index in [1.165, 1.54) is 25.7 Å². The van der Waals surface area contributed by atoms with E-state index in [4.69, 9.17) is 0 Å². The summed E-state index contributed by atoms with van der Waals surface area (Å²) in [6.07, 6.45) is 7.61. The van der Waals surface area contributed by atoms with Gasteiger partial charge in [0.25, 0.3) is 0 Å². The van der Waals surface area contributed by atoms with Crippen molar-refractivity contribution >= 4 is 0 Å². The van der Waals surface area contributed by atoms with Crippen LogP contribution in [0.25, 0.3) is 0 Å². The number of hydrogen-bond donors (Lipinski definition) is 1. The number of aliphatic hydroxyl groups is 1. The van der Waals surface area contributed by atoms with Crippen LogP contribution in [0.3, 0.4) is 0 Å². The molecule has 2 rings (SSSR count). The molecule has 2 aliphatic carbocycles. The molecule has 100 valence electrons. The van der Waals surface area contributed by atoms with Crippen LogP contribution in [-0.4, -0.2) is 35.2 Å². The number of aliphatic hydroxyl groups excluding tert-OH is 1. The number of likely N-dealkylation sites (N-methyl/N-ethyl adjacent to an activating group) is 1. The Balaban J connectivity index is 2.02. The predicted molar refractivity (Wildman–Crippen MR) is 72.0 cm³/mol. The van der Waals surface area contributed by atoms with Crippen molar-refractivity contribution in [2.75, 3.05) is 7.05 Å². The first-order chi connectivity index (χ1) is 7.93. The molecule has 0 saturated heterocycles. The van der Waals surface area contributed by atoms with E-state index >= 15 is 0 Å². The van der Waals surface area contributed by atoms with E-state index in [1.807, 2.05) is 0 Å². The SMILES string of the molecule is CC1CCCCC1N(C)C1CCC(C)(C)C1O. The normalized spacial score (nSPS) is 42.0. The number of nitrogens with zero attached hydrogens (tertiary/aromatic N) is 1. The highest BCUT2D eigenvalue weighted by Crippen LogP contribution is 2.41. The largest absolute Gasteiger partial charge is 0.391 e. The van der Waals surface area contributed by atoms with E-state index in [-0.39, 0.29) is 11.5 Å². The molecule has 0 aliphatic heterocycles. The second kappa shape index (κ2) is 4.89. The topological polar surface area (TPSA) is 23.5 Å². The maximum Gasteiger partial charge on any atom is 0.0746 e. The Bertz CT molecular complexity index is 264. The minimum absolute atomic E-state index is 0.108. The minimum atomic E-state index is -0.151. The lowest BCUT2D eigenvalue weighted by molar-refractivity contribution is -0.00623. The molecule has 0 heterocycles. The summed E-state index contributed by atoms with van der Waals surface area (Å²) in [5.74, 6) is 0.796. The lowest BCUT2D eigenvalue weighted by atomic mass is 9.83. The van der Waals surface area contributed by atoms with Gasteiger partial charge < -0.3 is 5.11 Å². The summed E-state index contributed by atoms with van der Waals surface area (Å²) in [4.78, 5) is 2.50. The van der Waals surface area contributed by atoms with Crippen LogP contribution >= 0.6 is 0 Å². The Labute approximate surface area is 106 Å². The summed E-state index contributed by atoms with van der Waals surface area (Å²) in [5, 5.41) is 10.5. The van der Waals surface area contributed by atoms with Crippen molar-refractivity contribution in [1.29, 1.82) is 0 Å². The molecular weight excluding hydrogens is 210 g/mol. The fourth-order valence-electron chi connectivity index (χ4n) is 3.92. The Kier molecular flexibility index (Phi) is 3.84. The van der Waals surface area contributed by atoms with E-state index in [1.54, 1.807) is 0 Å². The van der Waals surface area contributed by atoms with Crippen molar-refractivity contribution in [3.63, 3.8) is 0 Å². The lowest BCUT2D eigenvalue weighted by Gasteiger charge is -2.41. The van der Waals surface area contributed by atoms with Crippen molar-refractivity contribution in [3.8, 4) is 0 Å². The average molecular weight is 239 g/mol. The van der Waals surface area contributed by atoms with Crippen LogP contribution in [0.15, 0.2) is 0 Å². The van der Waals surface area contributed by atoms with E-state index < -0.39 is 0 Å². The molecule has 0 bridgehead atoms. The predicted octanol–water partition coefficient (Wildman–Crippen LogP) is 3.05. The van der Waals surface area contributed by atoms with Gasteiger partial charge in [-0.3, -0.25) is 4.90 Å². The van der Waals surface area contributed by atoms with Gasteiger partial charge in [0.05, 0.1) is 6.10 Å². The van der Waals surface area contributed by atoms with Crippen molar-refractivity contribution < 1.29 is 5.11 Å². The molecule has 0 spiro atoms. The third-order valence-electron chi connectivity index (χ3n) is 5.36. The number of hydrogen-bond acceptors (Lipinski definition) is 2. The van der Waals surface area contributed by atoms with Gasteiger partial charge in [0, 0.05) is 12.1 Å². The van der Waals surface area contributed by atoms with Crippen LogP contribution in [0.5, 0.6) is 0 Å². The Morgan fingerprint density at radius 1 is 1.06 bits per heavy atom. The molecule has 4 atom stereocenters. The first kappa shape index (κ1) is 13.4. The Morgan fingerprint density at radius 2 is 1.71 bits per heavy atom. The van der Waals surface area contributed by atoms with Crippen LogP contribution < -0.4 is 0 Å². The molecule has 2 heteroatoms. The molecule has 17 heavy (non-hydrogen) atoms. The van der Waals surface area contributed by atoms with E-state index in [0.717, 1.165) is 18.8 Å². The highest BCUT2D eigenvalue weighted by atomic mass is 16.3. The maximum atomic E-state index is 10.5. The van der Waals surface area contributed by atoms with Crippen LogP contribution in [0, 0.1) is 11.3 Å². The smallest absolute Gasteiger partial charge is 0.0746 e. The van der Waals surface area contributed by atoms with Crippen LogP contribution in [0.4, 0.5) is 0 Å². The van der Waals surface area contributed by atoms with Crippen LogP contribution in [-0.2, 0) is 0 Å². The zero-order valence-electron chi connectivity index (χ0n) is 11.9. The highest BCUT2D eigenvalue weighted by molar-refractivity contribution is 4.98. The summed E-state index contributed by atoms with van der Waals surface area (Å²) in [5.41, 5.74) is 0.108. The van der Waals surface area contributed by atoms with Crippen molar-refractivity contribution in [3.05, 3.63) is 0 Å². The molecule has 4 unspecified atom stereocenters. The van der Waals surface area contributed by atoms with Crippen LogP contribution in [0.2, 0.25) is 0 Å². The van der Waals surface area contributed by atoms with Gasteiger partial charge in [0.2, 0.25) is 0 Å². The molecule has 2 fully saturated rings. The van der Waals surface area contributed by atoms with Crippen LogP contribution in [0.1, 0.15) is 59.3 Å². The molecule has 0 aromatic rings. The van der Waals surface area contributed by atoms with Crippen molar-refractivity contribution in [1.82, 2.24) is 4.90 Å². The first-order valence-electron chi connectivity index (χ1n) is 7.33. The van der Waals surface area contributed by atoms with Gasteiger partial charge in [0.1, 0.15) is 0 Å². The molecule has 1 N–H and O–H groups in total. The summed E-state index contributed by atoms with van der Waals surface area (Å²) >= 11 is 0. The van der Waals surface area contributed by atoms with Crippen molar-refractivity contribution in [2.45, 2.75) is 77.5 Å². The molecule has 0 aromatic heterocycles. The second-order valence-electron chi connectivity index (χ2n) is 7.03. The third kappa shape index (κ3) is 2.53. The Hall–Kier alpha value is -0.0800. The fraction of sp³-hybridized carbons (Fsp3) is 1.00. The monoisotopic (exact) mass is 239 g/mol. The summed E-state index contributed by atoms with van der Waals surface area (Å²) in [7, 11) is 2.24. The van der Waals surface area contributed by atoms with E-state index in [2.05, 4.69) is 32.7 Å². The molecule has 2 nitrogen and oxygen atoms in total. The second-order valence-corrected chi connectivity index (χ2v) is 7.03. The first-order valence-corrected chi connectivity index (χ1v) is 7.33. The van der Waals surface area contributed by atoms with Crippen molar-refractivity contribution in [2.24, 2.45) is 11.3 Å². The third-order valence-corrected chi connectivity index (χ3v) is 5.36. The number of rotatable bonds is 2. The molecule has 0 aromatic carbocycles. The molecule has 2 aliphatic rings. The van der Waals surface area contributed by atoms with E-state index in [9.17, 15) is 5.11 Å². The Morgan fingerprint density at radius 3 is 2.24 bits per heavy atom. The standard InChI is InChI=1S/C15H29NO/c1-11-7-5-6-8-12(11)16(4)13-9-10-15(2,3)14(13)17/h11-14,17H,5-10H2,1-4H3. The fourth-order valence-corrected chi connectivity index (χ4v) is 3.92. The van der Waals surface area contributed by atoms with Gasteiger partial charge >= 0.3 is 0 Å². The molecular formula is C15H29NO. The zero-order chi connectivity index (χ0) is 12.6. The summed E-state index contributed by atoms with van der Waals surface area (Å²) < 4.78 is 0. The molecule has 0 amide bonds. The summed E-state index contributed by atoms with van der Waals surface area (Å²) in [6.45, 7) is 6.79. The molecule has 2 saturated carbocycles.